The third kappa shape index (κ3) is 11.7. The Labute approximate surface area is 225 Å². The molecule has 1 atom stereocenters. The molecule has 0 aliphatic rings. The number of hydrogen-bond acceptors (Lipinski definition) is 4. The van der Waals surface area contributed by atoms with Gasteiger partial charge in [0.1, 0.15) is 5.75 Å². The summed E-state index contributed by atoms with van der Waals surface area (Å²) in [5.41, 5.74) is 15.6. The summed E-state index contributed by atoms with van der Waals surface area (Å²) in [6, 6.07) is 24.0. The van der Waals surface area contributed by atoms with Crippen molar-refractivity contribution in [2.45, 2.75) is 39.2 Å². The molecule has 4 N–H and O–H groups in total. The van der Waals surface area contributed by atoms with E-state index in [1.54, 1.807) is 0 Å². The summed E-state index contributed by atoms with van der Waals surface area (Å²) < 4.78 is 5.85. The fourth-order valence-corrected chi connectivity index (χ4v) is 3.43. The second-order valence-electron chi connectivity index (χ2n) is 8.64. The van der Waals surface area contributed by atoms with Crippen LogP contribution in [0.25, 0.3) is 17.7 Å². The number of amides is 1. The summed E-state index contributed by atoms with van der Waals surface area (Å²) in [5, 5.41) is 0.748. The molecular weight excluding hydrogens is 482 g/mol. The van der Waals surface area contributed by atoms with Gasteiger partial charge in [-0.25, -0.2) is 0 Å². The molecule has 0 radical (unpaired) electrons. The van der Waals surface area contributed by atoms with Crippen molar-refractivity contribution in [3.05, 3.63) is 101 Å². The van der Waals surface area contributed by atoms with E-state index in [-0.39, 0.29) is 11.9 Å². The Morgan fingerprint density at radius 1 is 1.08 bits per heavy atom. The number of nitrogens with two attached hydrogens (primary N) is 2. The Bertz CT molecular complexity index is 1180. The van der Waals surface area contributed by atoms with Gasteiger partial charge in [0.15, 0.2) is 0 Å². The average Bonchev–Trinajstić information content (AvgIpc) is 2.89. The van der Waals surface area contributed by atoms with Gasteiger partial charge in [0, 0.05) is 17.5 Å². The van der Waals surface area contributed by atoms with Crippen LogP contribution in [0.3, 0.4) is 0 Å². The molecule has 0 spiro atoms. The molecule has 0 saturated carbocycles. The second kappa shape index (κ2) is 16.1. The number of hydrogen-bond donors (Lipinski definition) is 2. The number of rotatable bonds is 11. The number of halogens is 1. The van der Waals surface area contributed by atoms with Gasteiger partial charge >= 0.3 is 0 Å². The average molecular weight is 518 g/mol. The van der Waals surface area contributed by atoms with Crippen LogP contribution >= 0.6 is 11.6 Å². The lowest BCUT2D eigenvalue weighted by atomic mass is 10.0. The van der Waals surface area contributed by atoms with Crippen molar-refractivity contribution in [2.24, 2.45) is 16.5 Å². The first-order valence-corrected chi connectivity index (χ1v) is 12.6. The van der Waals surface area contributed by atoms with Crippen LogP contribution in [0.15, 0.2) is 83.9 Å². The molecule has 3 aromatic rings. The zero-order chi connectivity index (χ0) is 27.0. The van der Waals surface area contributed by atoms with Crippen LogP contribution in [0.1, 0.15) is 49.8 Å². The fraction of sp³-hybridized carbons (Fsp3) is 0.226. The van der Waals surface area contributed by atoms with E-state index in [0.717, 1.165) is 34.0 Å². The molecule has 0 aliphatic heterocycles. The van der Waals surface area contributed by atoms with Gasteiger partial charge in [0.2, 0.25) is 5.91 Å². The third-order valence-corrected chi connectivity index (χ3v) is 5.62. The van der Waals surface area contributed by atoms with E-state index in [1.165, 1.54) is 11.1 Å². The van der Waals surface area contributed by atoms with E-state index < -0.39 is 0 Å². The standard InChI is InChI=1S/C26H24ClNO.C5H12N2O/c1-20(19-21-10-14-24(27)15-11-21)22-12-16-25(17-13-22)29-18-6-5-8-23-7-3-4-9-26(23)28-2;1-4(6)2-3-5(7)8/h3-5,7-17,19H,2,6,18H2,1H3;4H,2-3,6H2,1H3,(H2,7,8)/b8-5-,20-19-;. The van der Waals surface area contributed by atoms with Gasteiger partial charge in [-0.05, 0) is 86.0 Å². The normalized spacial score (nSPS) is 11.9. The van der Waals surface area contributed by atoms with Gasteiger partial charge in [0.05, 0.1) is 12.3 Å². The van der Waals surface area contributed by atoms with Crippen LogP contribution in [-0.4, -0.2) is 25.3 Å². The van der Waals surface area contributed by atoms with Crippen molar-refractivity contribution in [1.82, 2.24) is 0 Å². The smallest absolute Gasteiger partial charge is 0.217 e. The largest absolute Gasteiger partial charge is 0.493 e. The molecule has 6 heteroatoms. The summed E-state index contributed by atoms with van der Waals surface area (Å²) in [6.45, 7) is 8.18. The Hall–Kier alpha value is -3.67. The van der Waals surface area contributed by atoms with Crippen LogP contribution in [0.5, 0.6) is 5.75 Å². The third-order valence-electron chi connectivity index (χ3n) is 5.37. The molecule has 37 heavy (non-hydrogen) atoms. The van der Waals surface area contributed by atoms with Crippen molar-refractivity contribution in [2.75, 3.05) is 6.61 Å². The number of ether oxygens (including phenoxy) is 1. The van der Waals surface area contributed by atoms with Crippen LogP contribution in [-0.2, 0) is 4.79 Å². The lowest BCUT2D eigenvalue weighted by molar-refractivity contribution is -0.118. The minimum atomic E-state index is -0.276. The molecule has 3 rings (SSSR count). The summed E-state index contributed by atoms with van der Waals surface area (Å²) >= 11 is 5.94. The van der Waals surface area contributed by atoms with Gasteiger partial charge in [-0.2, -0.15) is 0 Å². The molecule has 0 bridgehead atoms. The molecule has 3 aromatic carbocycles. The molecule has 0 fully saturated rings. The lowest BCUT2D eigenvalue weighted by Crippen LogP contribution is -2.19. The molecule has 0 heterocycles. The molecule has 5 nitrogen and oxygen atoms in total. The minimum Gasteiger partial charge on any atom is -0.493 e. The SMILES string of the molecule is C=Nc1ccccc1/C=C\CCOc1ccc(/C(C)=C\c2ccc(Cl)cc2)cc1.CC(N)CCC(N)=O. The Balaban J connectivity index is 0.000000521. The minimum absolute atomic E-state index is 0.0856. The number of primary amides is 1. The molecule has 194 valence electrons. The molecular formula is C31H36ClN3O2. The summed E-state index contributed by atoms with van der Waals surface area (Å²) in [7, 11) is 0. The maximum atomic E-state index is 10.1. The van der Waals surface area contributed by atoms with Crippen LogP contribution in [0.2, 0.25) is 5.02 Å². The van der Waals surface area contributed by atoms with Crippen molar-refractivity contribution in [3.63, 3.8) is 0 Å². The predicted molar refractivity (Wildman–Crippen MR) is 158 cm³/mol. The predicted octanol–water partition coefficient (Wildman–Crippen LogP) is 7.31. The van der Waals surface area contributed by atoms with Gasteiger partial charge in [-0.1, -0.05) is 72.3 Å². The molecule has 0 aliphatic carbocycles. The maximum absolute atomic E-state index is 10.1. The lowest BCUT2D eigenvalue weighted by Gasteiger charge is -2.07. The van der Waals surface area contributed by atoms with Crippen molar-refractivity contribution >= 4 is 47.6 Å². The molecule has 0 saturated heterocycles. The number of nitrogens with zero attached hydrogens (tertiary/aromatic N) is 1. The number of benzene rings is 3. The van der Waals surface area contributed by atoms with E-state index in [1.807, 2.05) is 67.6 Å². The first-order valence-electron chi connectivity index (χ1n) is 12.2. The van der Waals surface area contributed by atoms with Gasteiger partial charge in [-0.3, -0.25) is 9.79 Å². The van der Waals surface area contributed by atoms with E-state index >= 15 is 0 Å². The van der Waals surface area contributed by atoms with Gasteiger partial charge in [-0.15, -0.1) is 0 Å². The highest BCUT2D eigenvalue weighted by Crippen LogP contribution is 2.22. The molecule has 1 amide bonds. The number of carbonyl (C=O) groups excluding carboxylic acids is 1. The second-order valence-corrected chi connectivity index (χ2v) is 9.08. The van der Waals surface area contributed by atoms with Crippen LogP contribution < -0.4 is 16.2 Å². The Morgan fingerprint density at radius 2 is 1.76 bits per heavy atom. The zero-order valence-electron chi connectivity index (χ0n) is 21.6. The first kappa shape index (κ1) is 29.6. The Kier molecular flexibility index (Phi) is 12.9. The summed E-state index contributed by atoms with van der Waals surface area (Å²) in [5.74, 6) is 0.594. The van der Waals surface area contributed by atoms with Crippen molar-refractivity contribution < 1.29 is 9.53 Å². The maximum Gasteiger partial charge on any atom is 0.217 e. The Morgan fingerprint density at radius 3 is 2.35 bits per heavy atom. The van der Waals surface area contributed by atoms with E-state index in [2.05, 4.69) is 49.0 Å². The highest BCUT2D eigenvalue weighted by atomic mass is 35.5. The van der Waals surface area contributed by atoms with E-state index in [4.69, 9.17) is 27.8 Å². The van der Waals surface area contributed by atoms with E-state index in [0.29, 0.717) is 19.4 Å². The molecule has 0 aromatic heterocycles. The number of carbonyl (C=O) groups is 1. The number of aliphatic imine (C=N–C) groups is 1. The van der Waals surface area contributed by atoms with Crippen molar-refractivity contribution in [3.8, 4) is 5.75 Å². The highest BCUT2D eigenvalue weighted by molar-refractivity contribution is 6.30. The summed E-state index contributed by atoms with van der Waals surface area (Å²) in [4.78, 5) is 14.1. The first-order chi connectivity index (χ1) is 17.8. The topological polar surface area (TPSA) is 90.7 Å². The van der Waals surface area contributed by atoms with Crippen LogP contribution in [0.4, 0.5) is 5.69 Å². The fourth-order valence-electron chi connectivity index (χ4n) is 3.30. The van der Waals surface area contributed by atoms with Crippen LogP contribution in [0, 0.1) is 0 Å². The molecule has 1 unspecified atom stereocenters. The summed E-state index contributed by atoms with van der Waals surface area (Å²) in [6.07, 6.45) is 8.21. The number of allylic oxidation sites excluding steroid dienone is 1. The van der Waals surface area contributed by atoms with Gasteiger partial charge < -0.3 is 16.2 Å². The highest BCUT2D eigenvalue weighted by Gasteiger charge is 2.00. The quantitative estimate of drug-likeness (QED) is 0.158. The number of para-hydroxylation sites is 1. The van der Waals surface area contributed by atoms with Gasteiger partial charge in [0.25, 0.3) is 0 Å². The monoisotopic (exact) mass is 517 g/mol. The zero-order valence-corrected chi connectivity index (χ0v) is 22.3. The van der Waals surface area contributed by atoms with Crippen molar-refractivity contribution in [1.29, 1.82) is 0 Å². The van der Waals surface area contributed by atoms with E-state index in [9.17, 15) is 4.79 Å².